The molecule has 3 rings (SSSR count). The van der Waals surface area contributed by atoms with Crippen molar-refractivity contribution in [2.24, 2.45) is 0 Å². The van der Waals surface area contributed by atoms with Crippen LogP contribution in [0.25, 0.3) is 5.69 Å². The van der Waals surface area contributed by atoms with E-state index < -0.39 is 0 Å². The van der Waals surface area contributed by atoms with Crippen molar-refractivity contribution < 1.29 is 4.79 Å². The molecule has 3 aromatic rings. The molecule has 22 heavy (non-hydrogen) atoms. The third kappa shape index (κ3) is 3.21. The lowest BCUT2D eigenvalue weighted by Gasteiger charge is -2.05. The molecule has 0 radical (unpaired) electrons. The zero-order valence-corrected chi connectivity index (χ0v) is 13.7. The number of para-hydroxylation sites is 1. The zero-order valence-electron chi connectivity index (χ0n) is 11.3. The van der Waals surface area contributed by atoms with Crippen LogP contribution in [-0.4, -0.2) is 15.7 Å². The standard InChI is InChI=1S/C16H11BrClN3O/c17-14-6-1-2-7-15(14)20-16(22)11-9-19-21(10-11)13-5-3-4-12(18)8-13/h1-10H,(H,20,22). The van der Waals surface area contributed by atoms with Gasteiger partial charge in [-0.3, -0.25) is 4.79 Å². The minimum atomic E-state index is -0.222. The highest BCUT2D eigenvalue weighted by Gasteiger charge is 2.11. The number of halogens is 2. The molecule has 1 aromatic heterocycles. The van der Waals surface area contributed by atoms with Crippen LogP contribution >= 0.6 is 27.5 Å². The van der Waals surface area contributed by atoms with E-state index >= 15 is 0 Å². The fraction of sp³-hybridized carbons (Fsp3) is 0. The van der Waals surface area contributed by atoms with Gasteiger partial charge in [0, 0.05) is 15.7 Å². The second kappa shape index (κ2) is 6.34. The molecule has 0 fully saturated rings. The predicted molar refractivity (Wildman–Crippen MR) is 90.7 cm³/mol. The van der Waals surface area contributed by atoms with Crippen LogP contribution in [0.4, 0.5) is 5.69 Å². The molecule has 0 aliphatic heterocycles. The highest BCUT2D eigenvalue weighted by Crippen LogP contribution is 2.22. The third-order valence-electron chi connectivity index (χ3n) is 3.04. The van der Waals surface area contributed by atoms with Crippen molar-refractivity contribution in [3.63, 3.8) is 0 Å². The summed E-state index contributed by atoms with van der Waals surface area (Å²) in [7, 11) is 0. The molecule has 1 N–H and O–H groups in total. The summed E-state index contributed by atoms with van der Waals surface area (Å²) < 4.78 is 2.44. The Hall–Kier alpha value is -2.11. The highest BCUT2D eigenvalue weighted by atomic mass is 79.9. The summed E-state index contributed by atoms with van der Waals surface area (Å²) in [4.78, 5) is 12.3. The van der Waals surface area contributed by atoms with E-state index in [0.717, 1.165) is 10.2 Å². The summed E-state index contributed by atoms with van der Waals surface area (Å²) in [6.07, 6.45) is 3.19. The Morgan fingerprint density at radius 1 is 1.18 bits per heavy atom. The average Bonchev–Trinajstić information content (AvgIpc) is 2.99. The van der Waals surface area contributed by atoms with E-state index in [9.17, 15) is 4.79 Å². The Kier molecular flexibility index (Phi) is 4.27. The first kappa shape index (κ1) is 14.8. The Morgan fingerprint density at radius 3 is 2.77 bits per heavy atom. The van der Waals surface area contributed by atoms with Crippen molar-refractivity contribution in [1.82, 2.24) is 9.78 Å². The zero-order chi connectivity index (χ0) is 15.5. The Balaban J connectivity index is 1.82. The van der Waals surface area contributed by atoms with Crippen molar-refractivity contribution in [3.8, 4) is 5.69 Å². The molecule has 0 atom stereocenters. The van der Waals surface area contributed by atoms with E-state index in [1.165, 1.54) is 6.20 Å². The molecule has 0 saturated heterocycles. The predicted octanol–water partition coefficient (Wildman–Crippen LogP) is 4.54. The van der Waals surface area contributed by atoms with E-state index in [-0.39, 0.29) is 5.91 Å². The van der Waals surface area contributed by atoms with Crippen LogP contribution in [-0.2, 0) is 0 Å². The van der Waals surface area contributed by atoms with Crippen LogP contribution < -0.4 is 5.32 Å². The number of carbonyl (C=O) groups is 1. The number of benzene rings is 2. The van der Waals surface area contributed by atoms with Gasteiger partial charge in [0.25, 0.3) is 5.91 Å². The van der Waals surface area contributed by atoms with Crippen molar-refractivity contribution in [1.29, 1.82) is 0 Å². The number of anilines is 1. The van der Waals surface area contributed by atoms with Gasteiger partial charge in [-0.15, -0.1) is 0 Å². The lowest BCUT2D eigenvalue weighted by Crippen LogP contribution is -2.11. The number of carbonyl (C=O) groups excluding carboxylic acids is 1. The van der Waals surface area contributed by atoms with Gasteiger partial charge in [-0.1, -0.05) is 29.8 Å². The SMILES string of the molecule is O=C(Nc1ccccc1Br)c1cnn(-c2cccc(Cl)c2)c1. The quantitative estimate of drug-likeness (QED) is 0.729. The third-order valence-corrected chi connectivity index (χ3v) is 3.97. The van der Waals surface area contributed by atoms with Crippen LogP contribution in [0.3, 0.4) is 0 Å². The first-order chi connectivity index (χ1) is 10.6. The van der Waals surface area contributed by atoms with Crippen LogP contribution in [0.2, 0.25) is 5.02 Å². The molecular formula is C16H11BrClN3O. The van der Waals surface area contributed by atoms with Crippen molar-refractivity contribution in [2.75, 3.05) is 5.32 Å². The lowest BCUT2D eigenvalue weighted by molar-refractivity contribution is 0.102. The highest BCUT2D eigenvalue weighted by molar-refractivity contribution is 9.10. The molecule has 2 aromatic carbocycles. The topological polar surface area (TPSA) is 46.9 Å². The molecule has 110 valence electrons. The molecular weight excluding hydrogens is 366 g/mol. The van der Waals surface area contributed by atoms with Crippen molar-refractivity contribution >= 4 is 39.1 Å². The first-order valence-electron chi connectivity index (χ1n) is 6.50. The maximum absolute atomic E-state index is 12.3. The second-order valence-corrected chi connectivity index (χ2v) is 5.88. The number of aromatic nitrogens is 2. The maximum Gasteiger partial charge on any atom is 0.258 e. The van der Waals surface area contributed by atoms with Gasteiger partial charge >= 0.3 is 0 Å². The minimum Gasteiger partial charge on any atom is -0.321 e. The fourth-order valence-corrected chi connectivity index (χ4v) is 2.53. The van der Waals surface area contributed by atoms with Crippen molar-refractivity contribution in [3.05, 3.63) is 76.0 Å². The Bertz CT molecular complexity index is 832. The monoisotopic (exact) mass is 375 g/mol. The van der Waals surface area contributed by atoms with Gasteiger partial charge in [0.1, 0.15) is 0 Å². The summed E-state index contributed by atoms with van der Waals surface area (Å²) in [6, 6.07) is 14.7. The minimum absolute atomic E-state index is 0.222. The van der Waals surface area contributed by atoms with Gasteiger partial charge in [-0.2, -0.15) is 5.10 Å². The molecule has 6 heteroatoms. The number of hydrogen-bond donors (Lipinski definition) is 1. The van der Waals surface area contributed by atoms with E-state index in [1.807, 2.05) is 36.4 Å². The molecule has 1 amide bonds. The molecule has 0 saturated carbocycles. The summed E-state index contributed by atoms with van der Waals surface area (Å²) in [5.74, 6) is -0.222. The summed E-state index contributed by atoms with van der Waals surface area (Å²) in [5, 5.41) is 7.65. The van der Waals surface area contributed by atoms with Gasteiger partial charge in [-0.25, -0.2) is 4.68 Å². The summed E-state index contributed by atoms with van der Waals surface area (Å²) >= 11 is 9.36. The van der Waals surface area contributed by atoms with Crippen molar-refractivity contribution in [2.45, 2.75) is 0 Å². The molecule has 0 spiro atoms. The normalized spacial score (nSPS) is 10.5. The second-order valence-electron chi connectivity index (χ2n) is 4.59. The summed E-state index contributed by atoms with van der Waals surface area (Å²) in [5.41, 5.74) is 1.98. The van der Waals surface area contributed by atoms with E-state index in [0.29, 0.717) is 16.3 Å². The maximum atomic E-state index is 12.3. The number of hydrogen-bond acceptors (Lipinski definition) is 2. The van der Waals surface area contributed by atoms with Gasteiger partial charge in [0.15, 0.2) is 0 Å². The molecule has 0 bridgehead atoms. The van der Waals surface area contributed by atoms with E-state index in [2.05, 4.69) is 26.3 Å². The molecule has 4 nitrogen and oxygen atoms in total. The van der Waals surface area contributed by atoms with Crippen LogP contribution in [0, 0.1) is 0 Å². The Labute approximate surface area is 140 Å². The smallest absolute Gasteiger partial charge is 0.258 e. The van der Waals surface area contributed by atoms with Crippen LogP contribution in [0.15, 0.2) is 65.4 Å². The largest absolute Gasteiger partial charge is 0.321 e. The first-order valence-corrected chi connectivity index (χ1v) is 7.67. The van der Waals surface area contributed by atoms with Gasteiger partial charge in [0.2, 0.25) is 0 Å². The molecule has 0 aliphatic rings. The molecule has 1 heterocycles. The fourth-order valence-electron chi connectivity index (χ4n) is 1.96. The van der Waals surface area contributed by atoms with E-state index in [4.69, 9.17) is 11.6 Å². The number of amides is 1. The Morgan fingerprint density at radius 2 is 2.00 bits per heavy atom. The summed E-state index contributed by atoms with van der Waals surface area (Å²) in [6.45, 7) is 0. The molecule has 0 unspecified atom stereocenters. The van der Waals surface area contributed by atoms with Gasteiger partial charge in [-0.05, 0) is 46.3 Å². The molecule has 0 aliphatic carbocycles. The average molecular weight is 377 g/mol. The van der Waals surface area contributed by atoms with Crippen LogP contribution in [0.1, 0.15) is 10.4 Å². The van der Waals surface area contributed by atoms with Gasteiger partial charge in [0.05, 0.1) is 23.1 Å². The van der Waals surface area contributed by atoms with Crippen LogP contribution in [0.5, 0.6) is 0 Å². The van der Waals surface area contributed by atoms with E-state index in [1.54, 1.807) is 23.0 Å². The number of rotatable bonds is 3. The number of nitrogens with zero attached hydrogens (tertiary/aromatic N) is 2. The number of nitrogens with one attached hydrogen (secondary N) is 1. The van der Waals surface area contributed by atoms with Gasteiger partial charge < -0.3 is 5.32 Å². The lowest BCUT2D eigenvalue weighted by atomic mass is 10.3.